The zero-order valence-corrected chi connectivity index (χ0v) is 10.7. The van der Waals surface area contributed by atoms with Crippen LogP contribution in [0.2, 0.25) is 0 Å². The van der Waals surface area contributed by atoms with Gasteiger partial charge < -0.3 is 24.8 Å². The van der Waals surface area contributed by atoms with Gasteiger partial charge >= 0.3 is 5.97 Å². The molecule has 108 valence electrons. The summed E-state index contributed by atoms with van der Waals surface area (Å²) in [6, 6.07) is 8.59. The number of carbonyl (C=O) groups is 1. The van der Waals surface area contributed by atoms with E-state index >= 15 is 0 Å². The number of hydrogen-bond donors (Lipinski definition) is 3. The molecule has 20 heavy (non-hydrogen) atoms. The third kappa shape index (κ3) is 2.10. The normalized spacial score (nSPS) is 39.0. The maximum atomic E-state index is 11.8. The maximum absolute atomic E-state index is 11.8. The summed E-state index contributed by atoms with van der Waals surface area (Å²) < 4.78 is 10.4. The first-order chi connectivity index (χ1) is 9.54. The molecule has 1 unspecified atom stereocenters. The smallest absolute Gasteiger partial charge is 0.338 e. The molecule has 1 aliphatic carbocycles. The zero-order chi connectivity index (χ0) is 14.3. The molecule has 1 saturated carbocycles. The molecule has 3 rings (SSSR count). The van der Waals surface area contributed by atoms with Crippen molar-refractivity contribution in [3.8, 4) is 0 Å². The molecule has 1 aromatic rings. The number of aliphatic hydroxyl groups excluding tert-OH is 3. The molecule has 2 aliphatic rings. The number of aliphatic hydroxyl groups is 3. The summed E-state index contributed by atoms with van der Waals surface area (Å²) in [6.45, 7) is 0.0875. The van der Waals surface area contributed by atoms with Crippen LogP contribution in [0.5, 0.6) is 0 Å². The quantitative estimate of drug-likeness (QED) is 0.656. The highest BCUT2D eigenvalue weighted by atomic mass is 16.7. The Morgan fingerprint density at radius 1 is 1.30 bits per heavy atom. The fourth-order valence-corrected chi connectivity index (χ4v) is 2.68. The van der Waals surface area contributed by atoms with Crippen LogP contribution in [0.4, 0.5) is 0 Å². The van der Waals surface area contributed by atoms with Crippen LogP contribution >= 0.6 is 0 Å². The lowest BCUT2D eigenvalue weighted by Crippen LogP contribution is -2.35. The Labute approximate surface area is 115 Å². The average molecular weight is 280 g/mol. The van der Waals surface area contributed by atoms with Gasteiger partial charge in [0, 0.05) is 5.92 Å². The van der Waals surface area contributed by atoms with Crippen molar-refractivity contribution in [2.75, 3.05) is 6.61 Å². The summed E-state index contributed by atoms with van der Waals surface area (Å²) in [4.78, 5) is 11.8. The van der Waals surface area contributed by atoms with Crippen LogP contribution in [0, 0.1) is 5.92 Å². The number of hydrogen-bond acceptors (Lipinski definition) is 6. The van der Waals surface area contributed by atoms with E-state index in [1.807, 2.05) is 0 Å². The van der Waals surface area contributed by atoms with Gasteiger partial charge in [0.25, 0.3) is 0 Å². The number of rotatable bonds is 3. The molecule has 0 bridgehead atoms. The van der Waals surface area contributed by atoms with Crippen LogP contribution in [0.25, 0.3) is 0 Å². The molecule has 0 radical (unpaired) electrons. The molecular weight excluding hydrogens is 264 g/mol. The van der Waals surface area contributed by atoms with E-state index in [1.54, 1.807) is 30.3 Å². The van der Waals surface area contributed by atoms with Crippen molar-refractivity contribution in [2.45, 2.75) is 30.5 Å². The Kier molecular flexibility index (Phi) is 3.25. The SMILES string of the molecule is O=C(OC[C@@H]1C[C@]12O[C@H](O)[C@@H](O)C2O)c1ccccc1. The topological polar surface area (TPSA) is 96.2 Å². The molecule has 2 fully saturated rings. The number of ether oxygens (including phenoxy) is 2. The molecule has 1 aliphatic heterocycles. The molecule has 3 N–H and O–H groups in total. The van der Waals surface area contributed by atoms with Crippen LogP contribution in [-0.2, 0) is 9.47 Å². The van der Waals surface area contributed by atoms with Crippen LogP contribution < -0.4 is 0 Å². The van der Waals surface area contributed by atoms with Gasteiger partial charge in [-0.25, -0.2) is 4.79 Å². The highest BCUT2D eigenvalue weighted by Gasteiger charge is 2.68. The van der Waals surface area contributed by atoms with E-state index in [9.17, 15) is 20.1 Å². The van der Waals surface area contributed by atoms with Crippen molar-refractivity contribution in [3.63, 3.8) is 0 Å². The van der Waals surface area contributed by atoms with E-state index in [4.69, 9.17) is 9.47 Å². The first kappa shape index (κ1) is 13.5. The molecule has 0 aromatic heterocycles. The summed E-state index contributed by atoms with van der Waals surface area (Å²) in [5.74, 6) is -0.654. The van der Waals surface area contributed by atoms with E-state index < -0.39 is 30.1 Å². The fraction of sp³-hybridized carbons (Fsp3) is 0.500. The lowest BCUT2D eigenvalue weighted by atomic mass is 10.1. The monoisotopic (exact) mass is 280 g/mol. The van der Waals surface area contributed by atoms with Crippen molar-refractivity contribution in [2.24, 2.45) is 5.92 Å². The molecule has 1 spiro atoms. The molecule has 1 saturated heterocycles. The van der Waals surface area contributed by atoms with Crippen LogP contribution in [0.1, 0.15) is 16.8 Å². The van der Waals surface area contributed by atoms with Gasteiger partial charge in [-0.2, -0.15) is 0 Å². The Balaban J connectivity index is 1.56. The Hall–Kier alpha value is -1.47. The summed E-state index contributed by atoms with van der Waals surface area (Å²) in [6.07, 6.45) is -3.41. The number of benzene rings is 1. The average Bonchev–Trinajstić information content (AvgIpc) is 3.12. The first-order valence-corrected chi connectivity index (χ1v) is 6.49. The van der Waals surface area contributed by atoms with Crippen LogP contribution in [0.15, 0.2) is 30.3 Å². The van der Waals surface area contributed by atoms with E-state index in [0.29, 0.717) is 12.0 Å². The Morgan fingerprint density at radius 2 is 2.00 bits per heavy atom. The Bertz CT molecular complexity index is 504. The van der Waals surface area contributed by atoms with Gasteiger partial charge in [-0.3, -0.25) is 0 Å². The number of esters is 1. The van der Waals surface area contributed by atoms with Crippen LogP contribution in [0.3, 0.4) is 0 Å². The lowest BCUT2D eigenvalue weighted by molar-refractivity contribution is -0.137. The Morgan fingerprint density at radius 3 is 2.60 bits per heavy atom. The van der Waals surface area contributed by atoms with Crippen molar-refractivity contribution in [1.82, 2.24) is 0 Å². The largest absolute Gasteiger partial charge is 0.462 e. The molecule has 5 atom stereocenters. The van der Waals surface area contributed by atoms with Gasteiger partial charge in [-0.05, 0) is 18.6 Å². The third-order valence-corrected chi connectivity index (χ3v) is 3.98. The predicted molar refractivity (Wildman–Crippen MR) is 66.7 cm³/mol. The van der Waals surface area contributed by atoms with Crippen LogP contribution in [-0.4, -0.2) is 52.0 Å². The van der Waals surface area contributed by atoms with Crippen molar-refractivity contribution >= 4 is 5.97 Å². The second kappa shape index (κ2) is 4.82. The molecule has 1 heterocycles. The minimum Gasteiger partial charge on any atom is -0.462 e. The second-order valence-corrected chi connectivity index (χ2v) is 5.26. The van der Waals surface area contributed by atoms with Crippen molar-refractivity contribution < 1.29 is 29.6 Å². The van der Waals surface area contributed by atoms with Crippen molar-refractivity contribution in [3.05, 3.63) is 35.9 Å². The molecule has 6 heteroatoms. The predicted octanol–water partition coefficient (Wildman–Crippen LogP) is -0.328. The third-order valence-electron chi connectivity index (χ3n) is 3.98. The summed E-state index contributed by atoms with van der Waals surface area (Å²) >= 11 is 0. The minimum atomic E-state index is -1.39. The number of carbonyl (C=O) groups excluding carboxylic acids is 1. The minimum absolute atomic E-state index is 0.0875. The van der Waals surface area contributed by atoms with Gasteiger partial charge in [-0.1, -0.05) is 18.2 Å². The maximum Gasteiger partial charge on any atom is 0.338 e. The van der Waals surface area contributed by atoms with Gasteiger partial charge in [0.15, 0.2) is 6.29 Å². The lowest BCUT2D eigenvalue weighted by Gasteiger charge is -2.14. The zero-order valence-electron chi connectivity index (χ0n) is 10.7. The molecule has 0 amide bonds. The highest BCUT2D eigenvalue weighted by molar-refractivity contribution is 5.89. The van der Waals surface area contributed by atoms with Gasteiger partial charge in [0.2, 0.25) is 0 Å². The molecule has 6 nitrogen and oxygen atoms in total. The second-order valence-electron chi connectivity index (χ2n) is 5.26. The van der Waals surface area contributed by atoms with E-state index in [2.05, 4.69) is 0 Å². The van der Waals surface area contributed by atoms with Gasteiger partial charge in [-0.15, -0.1) is 0 Å². The summed E-state index contributed by atoms with van der Waals surface area (Å²) in [7, 11) is 0. The van der Waals surface area contributed by atoms with E-state index in [-0.39, 0.29) is 12.5 Å². The van der Waals surface area contributed by atoms with Crippen molar-refractivity contribution in [1.29, 1.82) is 0 Å². The van der Waals surface area contributed by atoms with E-state index in [0.717, 1.165) is 0 Å². The molecule has 1 aromatic carbocycles. The summed E-state index contributed by atoms with van der Waals surface area (Å²) in [5, 5.41) is 28.7. The van der Waals surface area contributed by atoms with Gasteiger partial charge in [0.05, 0.1) is 12.2 Å². The first-order valence-electron chi connectivity index (χ1n) is 6.49. The summed E-state index contributed by atoms with van der Waals surface area (Å²) in [5.41, 5.74) is -0.523. The highest BCUT2D eigenvalue weighted by Crippen LogP contribution is 2.54. The standard InChI is InChI=1S/C14H16O6/c15-10-11(16)14(20-13(10)18)6-9(14)7-19-12(17)8-4-2-1-3-5-8/h1-5,9-11,13,15-16,18H,6-7H2/t9-,10-,11?,13-,14-/m0/s1. The van der Waals surface area contributed by atoms with E-state index in [1.165, 1.54) is 0 Å². The molecular formula is C14H16O6. The van der Waals surface area contributed by atoms with Gasteiger partial charge in [0.1, 0.15) is 17.8 Å². The fourth-order valence-electron chi connectivity index (χ4n) is 2.68.